The van der Waals surface area contributed by atoms with Gasteiger partial charge in [0.1, 0.15) is 0 Å². The van der Waals surface area contributed by atoms with E-state index in [1.807, 2.05) is 0 Å². The molecule has 76 valence electrons. The summed E-state index contributed by atoms with van der Waals surface area (Å²) >= 11 is 0. The molecule has 2 nitrogen and oxygen atoms in total. The fourth-order valence-electron chi connectivity index (χ4n) is 2.05. The van der Waals surface area contributed by atoms with Crippen molar-refractivity contribution in [2.75, 3.05) is 30.4 Å². The van der Waals surface area contributed by atoms with Crippen molar-refractivity contribution in [2.24, 2.45) is 0 Å². The van der Waals surface area contributed by atoms with Crippen molar-refractivity contribution in [1.29, 1.82) is 0 Å². The van der Waals surface area contributed by atoms with Gasteiger partial charge in [-0.05, 0) is 24.5 Å². The van der Waals surface area contributed by atoms with Gasteiger partial charge in [-0.15, -0.1) is 0 Å². The molecule has 14 heavy (non-hydrogen) atoms. The van der Waals surface area contributed by atoms with Crippen molar-refractivity contribution >= 4 is 11.4 Å². The molecule has 0 fully saturated rings. The van der Waals surface area contributed by atoms with Gasteiger partial charge in [0.25, 0.3) is 0 Å². The molecule has 2 rings (SSSR count). The Hall–Kier alpha value is -1.18. The van der Waals surface area contributed by atoms with Crippen molar-refractivity contribution in [1.82, 2.24) is 0 Å². The molecular weight excluding hydrogens is 172 g/mol. The third-order valence-corrected chi connectivity index (χ3v) is 2.89. The third-order valence-electron chi connectivity index (χ3n) is 2.89. The molecule has 1 aromatic rings. The molecule has 1 aromatic carbocycles. The number of aryl methyl sites for hydroxylation is 1. The number of anilines is 2. The first-order valence-corrected chi connectivity index (χ1v) is 5.40. The summed E-state index contributed by atoms with van der Waals surface area (Å²) in [5.41, 5.74) is 4.12. The lowest BCUT2D eigenvalue weighted by Crippen LogP contribution is -2.17. The van der Waals surface area contributed by atoms with Crippen molar-refractivity contribution in [2.45, 2.75) is 19.8 Å². The summed E-state index contributed by atoms with van der Waals surface area (Å²) in [6, 6.07) is 6.57. The van der Waals surface area contributed by atoms with E-state index in [0.29, 0.717) is 0 Å². The summed E-state index contributed by atoms with van der Waals surface area (Å²) in [5, 5.41) is 3.53. The van der Waals surface area contributed by atoms with Crippen LogP contribution in [0.15, 0.2) is 18.2 Å². The standard InChI is InChI=1S/C12H18N2/c1-3-10-6-4-7-11-12(10)13-8-5-9-14(11)2/h4,6-7,13H,3,5,8-9H2,1-2H3. The van der Waals surface area contributed by atoms with Crippen LogP contribution in [0.4, 0.5) is 11.4 Å². The maximum atomic E-state index is 3.53. The van der Waals surface area contributed by atoms with Gasteiger partial charge in [-0.2, -0.15) is 0 Å². The molecule has 0 saturated carbocycles. The second-order valence-corrected chi connectivity index (χ2v) is 3.87. The van der Waals surface area contributed by atoms with Crippen LogP contribution in [0.5, 0.6) is 0 Å². The molecule has 1 N–H and O–H groups in total. The molecule has 1 aliphatic rings. The zero-order valence-electron chi connectivity index (χ0n) is 9.01. The SMILES string of the molecule is CCc1cccc2c1NCCCN2C. The van der Waals surface area contributed by atoms with Gasteiger partial charge in [0.2, 0.25) is 0 Å². The average molecular weight is 190 g/mol. The zero-order chi connectivity index (χ0) is 9.97. The zero-order valence-corrected chi connectivity index (χ0v) is 9.01. The second kappa shape index (κ2) is 3.91. The van der Waals surface area contributed by atoms with Crippen molar-refractivity contribution < 1.29 is 0 Å². The van der Waals surface area contributed by atoms with Gasteiger partial charge in [-0.3, -0.25) is 0 Å². The average Bonchev–Trinajstić information content (AvgIpc) is 2.41. The van der Waals surface area contributed by atoms with Gasteiger partial charge in [-0.25, -0.2) is 0 Å². The number of fused-ring (bicyclic) bond motifs is 1. The molecular formula is C12H18N2. The van der Waals surface area contributed by atoms with E-state index in [1.54, 1.807) is 0 Å². The Morgan fingerprint density at radius 1 is 1.43 bits per heavy atom. The van der Waals surface area contributed by atoms with Crippen LogP contribution in [-0.2, 0) is 6.42 Å². The summed E-state index contributed by atoms with van der Waals surface area (Å²) in [6.07, 6.45) is 2.32. The minimum absolute atomic E-state index is 1.09. The molecule has 0 aliphatic carbocycles. The van der Waals surface area contributed by atoms with Gasteiger partial charge >= 0.3 is 0 Å². The van der Waals surface area contributed by atoms with Crippen LogP contribution in [0.2, 0.25) is 0 Å². The number of hydrogen-bond donors (Lipinski definition) is 1. The Kier molecular flexibility index (Phi) is 2.62. The fourth-order valence-corrected chi connectivity index (χ4v) is 2.05. The van der Waals surface area contributed by atoms with Crippen LogP contribution in [0.25, 0.3) is 0 Å². The minimum atomic E-state index is 1.09. The van der Waals surface area contributed by atoms with Gasteiger partial charge in [0.15, 0.2) is 0 Å². The minimum Gasteiger partial charge on any atom is -0.383 e. The molecule has 1 heterocycles. The van der Waals surface area contributed by atoms with Crippen molar-refractivity contribution in [3.63, 3.8) is 0 Å². The summed E-state index contributed by atoms with van der Waals surface area (Å²) in [5.74, 6) is 0. The molecule has 0 bridgehead atoms. The molecule has 0 unspecified atom stereocenters. The summed E-state index contributed by atoms with van der Waals surface area (Å²) in [7, 11) is 2.17. The Bertz CT molecular complexity index is 320. The first-order chi connectivity index (χ1) is 6.83. The lowest BCUT2D eigenvalue weighted by Gasteiger charge is -2.20. The fraction of sp³-hybridized carbons (Fsp3) is 0.500. The van der Waals surface area contributed by atoms with Gasteiger partial charge in [0.05, 0.1) is 11.4 Å². The van der Waals surface area contributed by atoms with E-state index >= 15 is 0 Å². The van der Waals surface area contributed by atoms with Crippen LogP contribution in [0.1, 0.15) is 18.9 Å². The number of nitrogens with one attached hydrogen (secondary N) is 1. The normalized spacial score (nSPS) is 15.7. The van der Waals surface area contributed by atoms with E-state index in [2.05, 4.69) is 42.4 Å². The lowest BCUT2D eigenvalue weighted by atomic mass is 10.1. The van der Waals surface area contributed by atoms with Crippen molar-refractivity contribution in [3.05, 3.63) is 23.8 Å². The highest BCUT2D eigenvalue weighted by molar-refractivity contribution is 5.74. The largest absolute Gasteiger partial charge is 0.383 e. The Morgan fingerprint density at radius 3 is 3.07 bits per heavy atom. The number of benzene rings is 1. The first kappa shape index (κ1) is 9.38. The van der Waals surface area contributed by atoms with Gasteiger partial charge in [-0.1, -0.05) is 19.1 Å². The van der Waals surface area contributed by atoms with Crippen LogP contribution in [0, 0.1) is 0 Å². The molecule has 0 saturated heterocycles. The predicted molar refractivity (Wildman–Crippen MR) is 62.2 cm³/mol. The molecule has 0 radical (unpaired) electrons. The molecule has 2 heteroatoms. The first-order valence-electron chi connectivity index (χ1n) is 5.40. The van der Waals surface area contributed by atoms with E-state index in [9.17, 15) is 0 Å². The summed E-state index contributed by atoms with van der Waals surface area (Å²) < 4.78 is 0. The smallest absolute Gasteiger partial charge is 0.0610 e. The van der Waals surface area contributed by atoms with Crippen LogP contribution in [0.3, 0.4) is 0 Å². The molecule has 0 spiro atoms. The van der Waals surface area contributed by atoms with E-state index < -0.39 is 0 Å². The molecule has 0 amide bonds. The lowest BCUT2D eigenvalue weighted by molar-refractivity contribution is 0.837. The van der Waals surface area contributed by atoms with Gasteiger partial charge in [0, 0.05) is 20.1 Å². The highest BCUT2D eigenvalue weighted by atomic mass is 15.1. The Balaban J connectivity index is 2.46. The van der Waals surface area contributed by atoms with E-state index in [4.69, 9.17) is 0 Å². The molecule has 0 aromatic heterocycles. The van der Waals surface area contributed by atoms with Gasteiger partial charge < -0.3 is 10.2 Å². The second-order valence-electron chi connectivity index (χ2n) is 3.87. The monoisotopic (exact) mass is 190 g/mol. The quantitative estimate of drug-likeness (QED) is 0.732. The number of para-hydroxylation sites is 1. The van der Waals surface area contributed by atoms with E-state index in [0.717, 1.165) is 19.5 Å². The van der Waals surface area contributed by atoms with Crippen LogP contribution in [-0.4, -0.2) is 20.1 Å². The predicted octanol–water partition coefficient (Wildman–Crippen LogP) is 2.50. The topological polar surface area (TPSA) is 15.3 Å². The maximum Gasteiger partial charge on any atom is 0.0610 e. The summed E-state index contributed by atoms with van der Waals surface area (Å²) in [6.45, 7) is 4.45. The Labute approximate surface area is 85.9 Å². The summed E-state index contributed by atoms with van der Waals surface area (Å²) in [4.78, 5) is 2.34. The molecule has 1 aliphatic heterocycles. The number of nitrogens with zero attached hydrogens (tertiary/aromatic N) is 1. The number of rotatable bonds is 1. The van der Waals surface area contributed by atoms with Crippen LogP contribution >= 0.6 is 0 Å². The van der Waals surface area contributed by atoms with Crippen LogP contribution < -0.4 is 10.2 Å². The van der Waals surface area contributed by atoms with E-state index in [-0.39, 0.29) is 0 Å². The number of hydrogen-bond acceptors (Lipinski definition) is 2. The highest BCUT2D eigenvalue weighted by Crippen LogP contribution is 2.30. The van der Waals surface area contributed by atoms with E-state index in [1.165, 1.54) is 23.4 Å². The Morgan fingerprint density at radius 2 is 2.29 bits per heavy atom. The maximum absolute atomic E-state index is 3.53. The van der Waals surface area contributed by atoms with Crippen molar-refractivity contribution in [3.8, 4) is 0 Å². The molecule has 0 atom stereocenters. The third kappa shape index (κ3) is 1.57. The highest BCUT2D eigenvalue weighted by Gasteiger charge is 2.13.